The summed E-state index contributed by atoms with van der Waals surface area (Å²) >= 11 is 0. The molecule has 0 aliphatic heterocycles. The first-order valence-corrected chi connectivity index (χ1v) is 6.31. The summed E-state index contributed by atoms with van der Waals surface area (Å²) in [7, 11) is 0. The molecule has 2 rings (SSSR count). The summed E-state index contributed by atoms with van der Waals surface area (Å²) in [6.45, 7) is 5.70. The highest BCUT2D eigenvalue weighted by Crippen LogP contribution is 2.38. The molecule has 0 aromatic carbocycles. The van der Waals surface area contributed by atoms with Gasteiger partial charge < -0.3 is 14.9 Å². The fraction of sp³-hybridized carbons (Fsp3) is 0.692. The van der Waals surface area contributed by atoms with Crippen LogP contribution in [0.4, 0.5) is 0 Å². The van der Waals surface area contributed by atoms with Crippen molar-refractivity contribution in [3.05, 3.63) is 17.0 Å². The van der Waals surface area contributed by atoms with Gasteiger partial charge in [-0.25, -0.2) is 0 Å². The first kappa shape index (κ1) is 13.1. The molecule has 0 saturated heterocycles. The number of aromatic nitrogens is 1. The summed E-state index contributed by atoms with van der Waals surface area (Å²) in [5, 5.41) is 16.7. The molecule has 5 heteroatoms. The van der Waals surface area contributed by atoms with E-state index in [1.165, 1.54) is 0 Å². The molecular formula is C13H20N2O3. The maximum absolute atomic E-state index is 11.8. The van der Waals surface area contributed by atoms with Crippen LogP contribution in [0.15, 0.2) is 4.52 Å². The Kier molecular flexibility index (Phi) is 3.43. The van der Waals surface area contributed by atoms with E-state index >= 15 is 0 Å². The van der Waals surface area contributed by atoms with Crippen LogP contribution in [0.3, 0.4) is 0 Å². The number of carbonyl (C=O) groups is 1. The number of aryl methyl sites for hydroxylation is 2. The van der Waals surface area contributed by atoms with E-state index in [0.717, 1.165) is 24.1 Å². The van der Waals surface area contributed by atoms with Crippen molar-refractivity contribution < 1.29 is 14.4 Å². The molecule has 18 heavy (non-hydrogen) atoms. The number of rotatable bonds is 5. The molecule has 1 heterocycles. The topological polar surface area (TPSA) is 75.4 Å². The van der Waals surface area contributed by atoms with Crippen LogP contribution in [-0.2, 0) is 11.2 Å². The van der Waals surface area contributed by atoms with E-state index in [4.69, 9.17) is 4.52 Å². The van der Waals surface area contributed by atoms with Crippen molar-refractivity contribution in [3.8, 4) is 0 Å². The number of aliphatic hydroxyl groups is 1. The highest BCUT2D eigenvalue weighted by molar-refractivity contribution is 5.79. The maximum Gasteiger partial charge on any atom is 0.224 e. The second kappa shape index (κ2) is 4.72. The third kappa shape index (κ3) is 2.90. The highest BCUT2D eigenvalue weighted by Gasteiger charge is 2.39. The lowest BCUT2D eigenvalue weighted by Crippen LogP contribution is -2.42. The van der Waals surface area contributed by atoms with E-state index in [2.05, 4.69) is 10.5 Å². The third-order valence-corrected chi connectivity index (χ3v) is 3.62. The van der Waals surface area contributed by atoms with Gasteiger partial charge in [-0.3, -0.25) is 4.79 Å². The van der Waals surface area contributed by atoms with Crippen LogP contribution in [0, 0.1) is 19.8 Å². The largest absolute Gasteiger partial charge is 0.388 e. The minimum atomic E-state index is -0.783. The molecule has 0 bridgehead atoms. The van der Waals surface area contributed by atoms with Gasteiger partial charge in [-0.1, -0.05) is 5.16 Å². The molecule has 1 aliphatic carbocycles. The van der Waals surface area contributed by atoms with Gasteiger partial charge in [0.05, 0.1) is 17.7 Å². The monoisotopic (exact) mass is 252 g/mol. The van der Waals surface area contributed by atoms with Crippen LogP contribution >= 0.6 is 0 Å². The van der Waals surface area contributed by atoms with Gasteiger partial charge in [0.25, 0.3) is 0 Å². The van der Waals surface area contributed by atoms with Crippen LogP contribution in [0.2, 0.25) is 0 Å². The van der Waals surface area contributed by atoms with Gasteiger partial charge >= 0.3 is 0 Å². The molecule has 100 valence electrons. The molecule has 1 aromatic heterocycles. The Morgan fingerprint density at radius 1 is 1.56 bits per heavy atom. The lowest BCUT2D eigenvalue weighted by molar-refractivity contribution is -0.121. The fourth-order valence-electron chi connectivity index (χ4n) is 2.10. The molecule has 1 aromatic rings. The Morgan fingerprint density at radius 2 is 2.22 bits per heavy atom. The minimum absolute atomic E-state index is 0.106. The van der Waals surface area contributed by atoms with Crippen molar-refractivity contribution in [2.45, 2.75) is 45.6 Å². The van der Waals surface area contributed by atoms with Crippen LogP contribution in [0.5, 0.6) is 0 Å². The summed E-state index contributed by atoms with van der Waals surface area (Å²) in [4.78, 5) is 11.8. The fourth-order valence-corrected chi connectivity index (χ4v) is 2.10. The summed E-state index contributed by atoms with van der Waals surface area (Å²) in [6.07, 6.45) is 2.35. The molecule has 1 aliphatic rings. The first-order chi connectivity index (χ1) is 8.40. The van der Waals surface area contributed by atoms with Gasteiger partial charge in [-0.05, 0) is 39.5 Å². The summed E-state index contributed by atoms with van der Waals surface area (Å²) in [5.41, 5.74) is 0.796. The smallest absolute Gasteiger partial charge is 0.224 e. The third-order valence-electron chi connectivity index (χ3n) is 3.62. The highest BCUT2D eigenvalue weighted by atomic mass is 16.5. The lowest BCUT2D eigenvalue weighted by Gasteiger charge is -2.23. The van der Waals surface area contributed by atoms with Gasteiger partial charge in [0.1, 0.15) is 5.76 Å². The van der Waals surface area contributed by atoms with Crippen LogP contribution in [0.1, 0.15) is 36.8 Å². The average molecular weight is 252 g/mol. The van der Waals surface area contributed by atoms with Crippen molar-refractivity contribution in [1.82, 2.24) is 10.5 Å². The molecule has 1 fully saturated rings. The second-order valence-electron chi connectivity index (χ2n) is 5.39. The number of nitrogens with one attached hydrogen (secondary N) is 1. The molecule has 1 atom stereocenters. The van der Waals surface area contributed by atoms with Crippen molar-refractivity contribution in [3.63, 3.8) is 0 Å². The molecule has 5 nitrogen and oxygen atoms in total. The Balaban J connectivity index is 1.85. The van der Waals surface area contributed by atoms with Crippen LogP contribution in [0.25, 0.3) is 0 Å². The van der Waals surface area contributed by atoms with E-state index in [-0.39, 0.29) is 12.3 Å². The minimum Gasteiger partial charge on any atom is -0.388 e. The standard InChI is InChI=1S/C13H20N2O3/c1-8-11(9(2)18-15-8)6-12(16)14-7-13(3,17)10-4-5-10/h10,17H,4-7H2,1-3H3,(H,14,16)/t13-/m0/s1. The van der Waals surface area contributed by atoms with Gasteiger partial charge in [0.15, 0.2) is 0 Å². The van der Waals surface area contributed by atoms with Gasteiger partial charge in [0, 0.05) is 12.1 Å². The van der Waals surface area contributed by atoms with Gasteiger partial charge in [-0.2, -0.15) is 0 Å². The zero-order valence-corrected chi connectivity index (χ0v) is 11.1. The molecular weight excluding hydrogens is 232 g/mol. The maximum atomic E-state index is 11.8. The van der Waals surface area contributed by atoms with E-state index < -0.39 is 5.60 Å². The molecule has 0 spiro atoms. The molecule has 0 radical (unpaired) electrons. The quantitative estimate of drug-likeness (QED) is 0.823. The van der Waals surface area contributed by atoms with Crippen molar-refractivity contribution in [2.75, 3.05) is 6.54 Å². The normalized spacial score (nSPS) is 18.4. The Labute approximate surface area is 107 Å². The Bertz CT molecular complexity index is 428. The molecule has 0 unspecified atom stereocenters. The van der Waals surface area contributed by atoms with E-state index in [1.807, 2.05) is 6.92 Å². The van der Waals surface area contributed by atoms with Gasteiger partial charge in [0.2, 0.25) is 5.91 Å². The Morgan fingerprint density at radius 3 is 2.72 bits per heavy atom. The predicted molar refractivity (Wildman–Crippen MR) is 66.0 cm³/mol. The second-order valence-corrected chi connectivity index (χ2v) is 5.39. The van der Waals surface area contributed by atoms with Crippen molar-refractivity contribution in [2.24, 2.45) is 5.92 Å². The Hall–Kier alpha value is -1.36. The molecule has 2 N–H and O–H groups in total. The van der Waals surface area contributed by atoms with Crippen LogP contribution < -0.4 is 5.32 Å². The SMILES string of the molecule is Cc1noc(C)c1CC(=O)NC[C@](C)(O)C1CC1. The van der Waals surface area contributed by atoms with Gasteiger partial charge in [-0.15, -0.1) is 0 Å². The number of nitrogens with zero attached hydrogens (tertiary/aromatic N) is 1. The lowest BCUT2D eigenvalue weighted by atomic mass is 10.0. The molecule has 1 saturated carbocycles. The van der Waals surface area contributed by atoms with Crippen LogP contribution in [-0.4, -0.2) is 28.3 Å². The number of amides is 1. The summed E-state index contributed by atoms with van der Waals surface area (Å²) < 4.78 is 5.01. The van der Waals surface area contributed by atoms with Crippen molar-refractivity contribution >= 4 is 5.91 Å². The number of hydrogen-bond acceptors (Lipinski definition) is 4. The predicted octanol–water partition coefficient (Wildman–Crippen LogP) is 1.11. The first-order valence-electron chi connectivity index (χ1n) is 6.31. The summed E-state index contributed by atoms with van der Waals surface area (Å²) in [6, 6.07) is 0. The van der Waals surface area contributed by atoms with E-state index in [0.29, 0.717) is 18.2 Å². The van der Waals surface area contributed by atoms with Crippen molar-refractivity contribution in [1.29, 1.82) is 0 Å². The number of carbonyl (C=O) groups excluding carboxylic acids is 1. The zero-order valence-electron chi connectivity index (χ0n) is 11.1. The summed E-state index contributed by atoms with van der Waals surface area (Å²) in [5.74, 6) is 0.902. The average Bonchev–Trinajstić information content (AvgIpc) is 3.10. The van der Waals surface area contributed by atoms with E-state index in [1.54, 1.807) is 13.8 Å². The number of hydrogen-bond donors (Lipinski definition) is 2. The van der Waals surface area contributed by atoms with E-state index in [9.17, 15) is 9.90 Å². The zero-order chi connectivity index (χ0) is 13.3. The molecule has 1 amide bonds.